The largest absolute Gasteiger partial charge is 0.393 e. The van der Waals surface area contributed by atoms with Gasteiger partial charge in [0.2, 0.25) is 5.91 Å². The third-order valence-electron chi connectivity index (χ3n) is 3.07. The van der Waals surface area contributed by atoms with Crippen LogP contribution >= 0.6 is 11.8 Å². The number of aliphatic hydroxyl groups excluding tert-OH is 1. The molecule has 0 aliphatic heterocycles. The van der Waals surface area contributed by atoms with Crippen LogP contribution in [-0.4, -0.2) is 53.7 Å². The summed E-state index contributed by atoms with van der Waals surface area (Å²) in [5.74, 6) is 1.40. The highest BCUT2D eigenvalue weighted by atomic mass is 32.2. The average molecular weight is 246 g/mol. The molecule has 4 nitrogen and oxygen atoms in total. The molecule has 0 saturated heterocycles. The van der Waals surface area contributed by atoms with Crippen LogP contribution in [0.1, 0.15) is 19.3 Å². The standard InChI is InChI=1S/C11H22N2O2S/c1-13(7-8-5-9(14)6-8)11(15)10(12)3-4-16-2/h8-10,14H,3-7,12H2,1-2H3/t8?,9?,10-/m1/s1. The lowest BCUT2D eigenvalue weighted by Crippen LogP contribution is -2.46. The fourth-order valence-electron chi connectivity index (χ4n) is 1.98. The summed E-state index contributed by atoms with van der Waals surface area (Å²) >= 11 is 1.71. The van der Waals surface area contributed by atoms with Gasteiger partial charge in [0.1, 0.15) is 0 Å². The molecular weight excluding hydrogens is 224 g/mol. The van der Waals surface area contributed by atoms with Gasteiger partial charge < -0.3 is 15.7 Å². The van der Waals surface area contributed by atoms with E-state index in [0.29, 0.717) is 5.92 Å². The number of amides is 1. The van der Waals surface area contributed by atoms with Crippen LogP contribution in [0.2, 0.25) is 0 Å². The molecule has 0 bridgehead atoms. The maximum absolute atomic E-state index is 11.8. The van der Waals surface area contributed by atoms with Crippen LogP contribution in [0.5, 0.6) is 0 Å². The van der Waals surface area contributed by atoms with Gasteiger partial charge in [-0.25, -0.2) is 0 Å². The number of hydrogen-bond donors (Lipinski definition) is 2. The second kappa shape index (κ2) is 6.47. The molecule has 0 aromatic rings. The van der Waals surface area contributed by atoms with E-state index in [0.717, 1.165) is 31.6 Å². The molecule has 94 valence electrons. The zero-order chi connectivity index (χ0) is 12.1. The van der Waals surface area contributed by atoms with Crippen LogP contribution in [0.15, 0.2) is 0 Å². The number of nitrogens with zero attached hydrogens (tertiary/aromatic N) is 1. The molecule has 0 aromatic heterocycles. The Morgan fingerprint density at radius 1 is 1.62 bits per heavy atom. The van der Waals surface area contributed by atoms with Crippen molar-refractivity contribution in [2.24, 2.45) is 11.7 Å². The summed E-state index contributed by atoms with van der Waals surface area (Å²) in [6.45, 7) is 0.725. The Morgan fingerprint density at radius 2 is 2.25 bits per heavy atom. The van der Waals surface area contributed by atoms with Gasteiger partial charge in [0.25, 0.3) is 0 Å². The van der Waals surface area contributed by atoms with E-state index in [1.165, 1.54) is 0 Å². The van der Waals surface area contributed by atoms with Crippen molar-refractivity contribution in [1.29, 1.82) is 0 Å². The fraction of sp³-hybridized carbons (Fsp3) is 0.909. The molecule has 1 aliphatic carbocycles. The molecule has 0 radical (unpaired) electrons. The molecule has 1 aliphatic rings. The first-order valence-corrected chi connectivity index (χ1v) is 7.11. The van der Waals surface area contributed by atoms with Crippen LogP contribution < -0.4 is 5.73 Å². The second-order valence-corrected chi connectivity index (χ2v) is 5.58. The molecule has 1 rings (SSSR count). The van der Waals surface area contributed by atoms with Crippen molar-refractivity contribution >= 4 is 17.7 Å². The first-order valence-electron chi connectivity index (χ1n) is 5.72. The van der Waals surface area contributed by atoms with Crippen molar-refractivity contribution in [1.82, 2.24) is 4.90 Å². The molecule has 1 atom stereocenters. The van der Waals surface area contributed by atoms with Gasteiger partial charge in [-0.2, -0.15) is 11.8 Å². The molecule has 3 N–H and O–H groups in total. The van der Waals surface area contributed by atoms with Crippen molar-refractivity contribution in [2.45, 2.75) is 31.4 Å². The van der Waals surface area contributed by atoms with Gasteiger partial charge in [0.05, 0.1) is 12.1 Å². The minimum absolute atomic E-state index is 0.0236. The van der Waals surface area contributed by atoms with Gasteiger partial charge in [-0.05, 0) is 37.2 Å². The van der Waals surface area contributed by atoms with Crippen LogP contribution in [-0.2, 0) is 4.79 Å². The number of nitrogens with two attached hydrogens (primary N) is 1. The Kier molecular flexibility index (Phi) is 5.58. The highest BCUT2D eigenvalue weighted by molar-refractivity contribution is 7.98. The number of likely N-dealkylation sites (N-methyl/N-ethyl adjacent to an activating group) is 1. The zero-order valence-corrected chi connectivity index (χ0v) is 10.9. The van der Waals surface area contributed by atoms with Gasteiger partial charge in [-0.3, -0.25) is 4.79 Å². The first-order chi connectivity index (χ1) is 7.54. The first kappa shape index (κ1) is 13.8. The molecule has 0 spiro atoms. The molecule has 1 amide bonds. The van der Waals surface area contributed by atoms with E-state index in [2.05, 4.69) is 0 Å². The van der Waals surface area contributed by atoms with Crippen molar-refractivity contribution in [3.63, 3.8) is 0 Å². The van der Waals surface area contributed by atoms with Gasteiger partial charge >= 0.3 is 0 Å². The summed E-state index contributed by atoms with van der Waals surface area (Å²) in [5.41, 5.74) is 5.81. The Bertz CT molecular complexity index is 232. The highest BCUT2D eigenvalue weighted by Crippen LogP contribution is 2.27. The molecule has 1 saturated carbocycles. The Labute approximate surface area is 102 Å². The number of rotatable bonds is 6. The van der Waals surface area contributed by atoms with Crippen molar-refractivity contribution in [3.8, 4) is 0 Å². The van der Waals surface area contributed by atoms with Crippen LogP contribution in [0.3, 0.4) is 0 Å². The SMILES string of the molecule is CSCC[C@@H](N)C(=O)N(C)CC1CC(O)C1. The quantitative estimate of drug-likeness (QED) is 0.707. The lowest BCUT2D eigenvalue weighted by Gasteiger charge is -2.35. The topological polar surface area (TPSA) is 66.6 Å². The van der Waals surface area contributed by atoms with E-state index in [1.807, 2.05) is 6.26 Å². The maximum atomic E-state index is 11.8. The summed E-state index contributed by atoms with van der Waals surface area (Å²) in [7, 11) is 1.80. The van der Waals surface area contributed by atoms with Crippen molar-refractivity contribution in [2.75, 3.05) is 25.6 Å². The third-order valence-corrected chi connectivity index (χ3v) is 3.71. The van der Waals surface area contributed by atoms with Crippen molar-refractivity contribution in [3.05, 3.63) is 0 Å². The Balaban J connectivity index is 2.24. The number of carbonyl (C=O) groups is 1. The van der Waals surface area contributed by atoms with E-state index in [-0.39, 0.29) is 18.1 Å². The minimum atomic E-state index is -0.373. The number of hydrogen-bond acceptors (Lipinski definition) is 4. The van der Waals surface area contributed by atoms with Crippen LogP contribution in [0, 0.1) is 5.92 Å². The normalized spacial score (nSPS) is 26.0. The average Bonchev–Trinajstić information content (AvgIpc) is 2.22. The monoisotopic (exact) mass is 246 g/mol. The van der Waals surface area contributed by atoms with E-state index >= 15 is 0 Å². The predicted molar refractivity (Wildman–Crippen MR) is 67.3 cm³/mol. The highest BCUT2D eigenvalue weighted by Gasteiger charge is 2.29. The molecule has 0 heterocycles. The molecule has 5 heteroatoms. The fourth-order valence-corrected chi connectivity index (χ4v) is 2.47. The summed E-state index contributed by atoms with van der Waals surface area (Å²) in [4.78, 5) is 13.5. The summed E-state index contributed by atoms with van der Waals surface area (Å²) in [6.07, 6.45) is 4.22. The molecule has 0 unspecified atom stereocenters. The van der Waals surface area contributed by atoms with Crippen molar-refractivity contribution < 1.29 is 9.90 Å². The predicted octanol–water partition coefficient (Wildman–Crippen LogP) is 0.296. The maximum Gasteiger partial charge on any atom is 0.239 e. The van der Waals surface area contributed by atoms with Crippen LogP contribution in [0.4, 0.5) is 0 Å². The smallest absolute Gasteiger partial charge is 0.239 e. The minimum Gasteiger partial charge on any atom is -0.393 e. The van der Waals surface area contributed by atoms with E-state index in [9.17, 15) is 4.79 Å². The second-order valence-electron chi connectivity index (χ2n) is 4.60. The van der Waals surface area contributed by atoms with Gasteiger partial charge in [-0.15, -0.1) is 0 Å². The third kappa shape index (κ3) is 3.96. The molecule has 0 aromatic carbocycles. The summed E-state index contributed by atoms with van der Waals surface area (Å²) < 4.78 is 0. The van der Waals surface area contributed by atoms with E-state index in [4.69, 9.17) is 10.8 Å². The molecular formula is C11H22N2O2S. The van der Waals surface area contributed by atoms with Gasteiger partial charge in [0.15, 0.2) is 0 Å². The van der Waals surface area contributed by atoms with Gasteiger partial charge in [-0.1, -0.05) is 0 Å². The van der Waals surface area contributed by atoms with Crippen LogP contribution in [0.25, 0.3) is 0 Å². The van der Waals surface area contributed by atoms with E-state index in [1.54, 1.807) is 23.7 Å². The molecule has 16 heavy (non-hydrogen) atoms. The Morgan fingerprint density at radius 3 is 2.75 bits per heavy atom. The molecule has 1 fully saturated rings. The summed E-state index contributed by atoms with van der Waals surface area (Å²) in [6, 6.07) is -0.373. The lowest BCUT2D eigenvalue weighted by atomic mass is 9.82. The van der Waals surface area contributed by atoms with E-state index < -0.39 is 0 Å². The lowest BCUT2D eigenvalue weighted by molar-refractivity contribution is -0.132. The zero-order valence-electron chi connectivity index (χ0n) is 10.1. The number of thioether (sulfide) groups is 1. The number of aliphatic hydroxyl groups is 1. The Hall–Kier alpha value is -0.260. The number of carbonyl (C=O) groups excluding carboxylic acids is 1. The van der Waals surface area contributed by atoms with Gasteiger partial charge in [0, 0.05) is 13.6 Å². The summed E-state index contributed by atoms with van der Waals surface area (Å²) in [5, 5.41) is 9.16.